The highest BCUT2D eigenvalue weighted by molar-refractivity contribution is 5.82. The maximum atomic E-state index is 10.6. The third-order valence-corrected chi connectivity index (χ3v) is 3.72. The number of H-pyrrole nitrogens is 1. The third kappa shape index (κ3) is 1.41. The summed E-state index contributed by atoms with van der Waals surface area (Å²) in [5.74, 6) is 0. The Morgan fingerprint density at radius 1 is 1.47 bits per heavy atom. The average Bonchev–Trinajstić information content (AvgIpc) is 2.65. The number of aromatic amines is 1. The van der Waals surface area contributed by atoms with E-state index >= 15 is 0 Å². The Labute approximate surface area is 98.8 Å². The molecule has 0 spiro atoms. The van der Waals surface area contributed by atoms with Gasteiger partial charge >= 0.3 is 0 Å². The van der Waals surface area contributed by atoms with Crippen molar-refractivity contribution in [1.29, 1.82) is 0 Å². The zero-order valence-electron chi connectivity index (χ0n) is 9.66. The van der Waals surface area contributed by atoms with E-state index < -0.39 is 0 Å². The van der Waals surface area contributed by atoms with Crippen LogP contribution in [0.3, 0.4) is 0 Å². The van der Waals surface area contributed by atoms with Gasteiger partial charge in [-0.05, 0) is 43.9 Å². The van der Waals surface area contributed by atoms with Crippen LogP contribution in [0.1, 0.15) is 30.5 Å². The number of benzene rings is 1. The summed E-state index contributed by atoms with van der Waals surface area (Å²) in [6.45, 7) is 2.00. The molecule has 1 fully saturated rings. The Morgan fingerprint density at radius 3 is 2.94 bits per heavy atom. The summed E-state index contributed by atoms with van der Waals surface area (Å²) in [4.78, 5) is 14.6. The summed E-state index contributed by atoms with van der Waals surface area (Å²) in [6, 6.07) is 6.09. The third-order valence-electron chi connectivity index (χ3n) is 3.72. The van der Waals surface area contributed by atoms with Crippen molar-refractivity contribution in [2.24, 2.45) is 4.99 Å². The van der Waals surface area contributed by atoms with E-state index in [2.05, 4.69) is 21.3 Å². The van der Waals surface area contributed by atoms with Gasteiger partial charge in [-0.1, -0.05) is 6.07 Å². The van der Waals surface area contributed by atoms with E-state index in [1.807, 2.05) is 19.1 Å². The Bertz CT molecular complexity index is 619. The lowest BCUT2D eigenvalue weighted by molar-refractivity contribution is 0.256. The van der Waals surface area contributed by atoms with Crippen LogP contribution in [0, 0.1) is 6.92 Å². The van der Waals surface area contributed by atoms with Gasteiger partial charge in [0.25, 0.3) is 0 Å². The first-order valence-corrected chi connectivity index (χ1v) is 5.79. The molecule has 4 heteroatoms. The number of aromatic nitrogens is 2. The molecular formula is C13H13N3O. The van der Waals surface area contributed by atoms with E-state index in [1.54, 1.807) is 6.08 Å². The number of isocyanates is 1. The van der Waals surface area contributed by atoms with Crippen LogP contribution in [-0.4, -0.2) is 16.3 Å². The highest BCUT2D eigenvalue weighted by Crippen LogP contribution is 2.45. The van der Waals surface area contributed by atoms with Gasteiger partial charge in [0.2, 0.25) is 6.08 Å². The summed E-state index contributed by atoms with van der Waals surface area (Å²) >= 11 is 0. The molecular weight excluding hydrogens is 214 g/mol. The fourth-order valence-electron chi connectivity index (χ4n) is 2.49. The van der Waals surface area contributed by atoms with Crippen LogP contribution < -0.4 is 0 Å². The number of aliphatic imine (C=N–C) groups is 1. The molecule has 2 aromatic rings. The number of aryl methyl sites for hydroxylation is 1. The maximum Gasteiger partial charge on any atom is 0.235 e. The van der Waals surface area contributed by atoms with E-state index in [-0.39, 0.29) is 5.54 Å². The Hall–Kier alpha value is -1.93. The van der Waals surface area contributed by atoms with E-state index in [4.69, 9.17) is 0 Å². The zero-order valence-corrected chi connectivity index (χ0v) is 9.66. The summed E-state index contributed by atoms with van der Waals surface area (Å²) in [6.07, 6.45) is 4.71. The van der Waals surface area contributed by atoms with Gasteiger partial charge < -0.3 is 0 Å². The highest BCUT2D eigenvalue weighted by Gasteiger charge is 2.38. The van der Waals surface area contributed by atoms with Gasteiger partial charge in [0.1, 0.15) is 0 Å². The van der Waals surface area contributed by atoms with Crippen molar-refractivity contribution in [2.45, 2.75) is 31.7 Å². The van der Waals surface area contributed by atoms with Gasteiger partial charge in [0.05, 0.1) is 11.1 Å². The lowest BCUT2D eigenvalue weighted by Crippen LogP contribution is -2.31. The molecule has 86 valence electrons. The summed E-state index contributed by atoms with van der Waals surface area (Å²) in [5.41, 5.74) is 2.78. The molecule has 0 saturated heterocycles. The first-order chi connectivity index (χ1) is 8.25. The predicted molar refractivity (Wildman–Crippen MR) is 64.5 cm³/mol. The van der Waals surface area contributed by atoms with Crippen LogP contribution in [0.4, 0.5) is 0 Å². The van der Waals surface area contributed by atoms with Gasteiger partial charge in [-0.15, -0.1) is 0 Å². The second-order valence-corrected chi connectivity index (χ2v) is 4.67. The van der Waals surface area contributed by atoms with Gasteiger partial charge in [0, 0.05) is 11.1 Å². The van der Waals surface area contributed by atoms with Crippen LogP contribution in [0.25, 0.3) is 10.9 Å². The van der Waals surface area contributed by atoms with Crippen molar-refractivity contribution in [3.63, 3.8) is 0 Å². The molecule has 1 aliphatic rings. The number of carbonyl (C=O) groups excluding carboxylic acids is 1. The number of hydrogen-bond acceptors (Lipinski definition) is 3. The molecule has 17 heavy (non-hydrogen) atoms. The summed E-state index contributed by atoms with van der Waals surface area (Å²) in [5, 5.41) is 8.27. The van der Waals surface area contributed by atoms with E-state index in [1.165, 1.54) is 0 Å². The first kappa shape index (κ1) is 10.2. The van der Waals surface area contributed by atoms with Gasteiger partial charge in [-0.3, -0.25) is 5.10 Å². The molecule has 3 rings (SSSR count). The number of fused-ring (bicyclic) bond motifs is 1. The Morgan fingerprint density at radius 2 is 2.29 bits per heavy atom. The monoisotopic (exact) mass is 227 g/mol. The van der Waals surface area contributed by atoms with E-state index in [0.29, 0.717) is 0 Å². The van der Waals surface area contributed by atoms with E-state index in [9.17, 15) is 4.79 Å². The molecule has 0 radical (unpaired) electrons. The number of rotatable bonds is 2. The van der Waals surface area contributed by atoms with Crippen molar-refractivity contribution < 1.29 is 4.79 Å². The van der Waals surface area contributed by atoms with Crippen LogP contribution in [-0.2, 0) is 10.3 Å². The Balaban J connectivity index is 2.16. The molecule has 4 nitrogen and oxygen atoms in total. The highest BCUT2D eigenvalue weighted by atomic mass is 16.1. The van der Waals surface area contributed by atoms with Crippen LogP contribution >= 0.6 is 0 Å². The summed E-state index contributed by atoms with van der Waals surface area (Å²) < 4.78 is 0. The van der Waals surface area contributed by atoms with Crippen molar-refractivity contribution >= 4 is 17.0 Å². The fraction of sp³-hybridized carbons (Fsp3) is 0.385. The largest absolute Gasteiger partial charge is 0.282 e. The average molecular weight is 227 g/mol. The van der Waals surface area contributed by atoms with Crippen LogP contribution in [0.5, 0.6) is 0 Å². The predicted octanol–water partition coefficient (Wildman–Crippen LogP) is 2.59. The molecule has 1 heterocycles. The molecule has 0 aliphatic heterocycles. The Kier molecular flexibility index (Phi) is 2.13. The maximum absolute atomic E-state index is 10.6. The van der Waals surface area contributed by atoms with Crippen LogP contribution in [0.2, 0.25) is 0 Å². The first-order valence-electron chi connectivity index (χ1n) is 5.79. The fourth-order valence-corrected chi connectivity index (χ4v) is 2.49. The van der Waals surface area contributed by atoms with Gasteiger partial charge in [0.15, 0.2) is 0 Å². The van der Waals surface area contributed by atoms with Crippen molar-refractivity contribution in [3.05, 3.63) is 29.5 Å². The van der Waals surface area contributed by atoms with Crippen molar-refractivity contribution in [1.82, 2.24) is 10.2 Å². The minimum atomic E-state index is -0.320. The molecule has 0 amide bonds. The molecule has 0 atom stereocenters. The lowest BCUT2D eigenvalue weighted by atomic mass is 9.72. The second-order valence-electron chi connectivity index (χ2n) is 4.67. The molecule has 1 saturated carbocycles. The van der Waals surface area contributed by atoms with Crippen molar-refractivity contribution in [3.8, 4) is 0 Å². The minimum absolute atomic E-state index is 0.320. The smallest absolute Gasteiger partial charge is 0.235 e. The standard InChI is InChI=1S/C13H13N3O/c1-9-11-7-10(3-4-12(11)16-15-9)13(14-8-17)5-2-6-13/h3-4,7H,2,5-6H2,1H3,(H,15,16). The normalized spacial score (nSPS) is 17.5. The quantitative estimate of drug-likeness (QED) is 0.633. The minimum Gasteiger partial charge on any atom is -0.282 e. The van der Waals surface area contributed by atoms with Crippen molar-refractivity contribution in [2.75, 3.05) is 0 Å². The molecule has 1 aromatic heterocycles. The number of hydrogen-bond donors (Lipinski definition) is 1. The molecule has 0 unspecified atom stereocenters. The lowest BCUT2D eigenvalue weighted by Gasteiger charge is -2.37. The molecule has 1 N–H and O–H groups in total. The second kappa shape index (κ2) is 3.54. The molecule has 0 bridgehead atoms. The zero-order chi connectivity index (χ0) is 11.9. The SMILES string of the molecule is Cc1[nH]nc2ccc(C3(N=C=O)CCC3)cc12. The molecule has 1 aliphatic carbocycles. The van der Waals surface area contributed by atoms with E-state index in [0.717, 1.165) is 41.4 Å². The summed E-state index contributed by atoms with van der Waals surface area (Å²) in [7, 11) is 0. The van der Waals surface area contributed by atoms with Gasteiger partial charge in [-0.2, -0.15) is 10.1 Å². The van der Waals surface area contributed by atoms with Crippen LogP contribution in [0.15, 0.2) is 23.2 Å². The number of nitrogens with one attached hydrogen (secondary N) is 1. The topological polar surface area (TPSA) is 58.1 Å². The number of nitrogens with zero attached hydrogens (tertiary/aromatic N) is 2. The van der Waals surface area contributed by atoms with Gasteiger partial charge in [-0.25, -0.2) is 4.79 Å². The molecule has 1 aromatic carbocycles.